The zero-order chi connectivity index (χ0) is 13.7. The number of rotatable bonds is 6. The summed E-state index contributed by atoms with van der Waals surface area (Å²) >= 11 is 0. The van der Waals surface area contributed by atoms with Crippen LogP contribution in [0.2, 0.25) is 0 Å². The van der Waals surface area contributed by atoms with E-state index in [4.69, 9.17) is 0 Å². The molecule has 1 aromatic carbocycles. The highest BCUT2D eigenvalue weighted by Gasteiger charge is 2.16. The first-order valence-electron chi connectivity index (χ1n) is 7.12. The first-order chi connectivity index (χ1) is 9.20. The number of nitrogens with zero attached hydrogens (tertiary/aromatic N) is 1. The van der Waals surface area contributed by atoms with Crippen LogP contribution in [0.15, 0.2) is 30.9 Å². The molecular weight excluding hydrogens is 239 g/mol. The fourth-order valence-corrected chi connectivity index (χ4v) is 2.54. The van der Waals surface area contributed by atoms with Gasteiger partial charge in [0.25, 0.3) is 0 Å². The van der Waals surface area contributed by atoms with Crippen LogP contribution < -0.4 is 10.2 Å². The molecule has 1 fully saturated rings. The van der Waals surface area contributed by atoms with Gasteiger partial charge in [0.05, 0.1) is 5.69 Å². The molecule has 2 rings (SSSR count). The first kappa shape index (κ1) is 13.9. The van der Waals surface area contributed by atoms with Crippen molar-refractivity contribution in [3.63, 3.8) is 0 Å². The fraction of sp³-hybridized carbons (Fsp3) is 0.500. The third kappa shape index (κ3) is 3.72. The molecule has 19 heavy (non-hydrogen) atoms. The summed E-state index contributed by atoms with van der Waals surface area (Å²) in [6.07, 6.45) is 6.23. The second-order valence-corrected chi connectivity index (χ2v) is 5.27. The van der Waals surface area contributed by atoms with Gasteiger partial charge in [0.1, 0.15) is 5.82 Å². The van der Waals surface area contributed by atoms with Crippen molar-refractivity contribution in [3.8, 4) is 0 Å². The minimum atomic E-state index is -0.122. The minimum Gasteiger partial charge on any atom is -0.382 e. The van der Waals surface area contributed by atoms with E-state index in [1.807, 2.05) is 18.2 Å². The zero-order valence-corrected chi connectivity index (χ0v) is 11.7. The molecule has 1 aliphatic rings. The van der Waals surface area contributed by atoms with E-state index in [1.54, 1.807) is 6.07 Å². The third-order valence-electron chi connectivity index (χ3n) is 3.61. The number of anilines is 2. The lowest BCUT2D eigenvalue weighted by Crippen LogP contribution is -2.19. The molecule has 1 N–H and O–H groups in total. The average Bonchev–Trinajstić information content (AvgIpc) is 2.90. The van der Waals surface area contributed by atoms with Crippen molar-refractivity contribution in [1.29, 1.82) is 0 Å². The van der Waals surface area contributed by atoms with E-state index in [2.05, 4.69) is 23.7 Å². The molecule has 1 aromatic rings. The molecule has 1 aliphatic heterocycles. The molecule has 104 valence electrons. The molecule has 1 heterocycles. The molecule has 0 amide bonds. The molecule has 1 saturated heterocycles. The van der Waals surface area contributed by atoms with Gasteiger partial charge in [-0.1, -0.05) is 6.08 Å². The van der Waals surface area contributed by atoms with Crippen LogP contribution in [-0.4, -0.2) is 19.1 Å². The third-order valence-corrected chi connectivity index (χ3v) is 3.61. The number of hydrogen-bond acceptors (Lipinski definition) is 2. The Hall–Kier alpha value is -1.51. The van der Waals surface area contributed by atoms with Gasteiger partial charge >= 0.3 is 0 Å². The van der Waals surface area contributed by atoms with E-state index in [0.717, 1.165) is 50.1 Å². The molecule has 0 aromatic heterocycles. The monoisotopic (exact) mass is 262 g/mol. The molecule has 0 aliphatic carbocycles. The summed E-state index contributed by atoms with van der Waals surface area (Å²) in [7, 11) is 0. The smallest absolute Gasteiger partial charge is 0.148 e. The van der Waals surface area contributed by atoms with Gasteiger partial charge in [-0.05, 0) is 50.8 Å². The SMILES string of the molecule is C=CCCC(C)Nc1ccc(N2CCCC2)c(F)c1. The lowest BCUT2D eigenvalue weighted by atomic mass is 10.1. The molecule has 0 spiro atoms. The van der Waals surface area contributed by atoms with E-state index in [1.165, 1.54) is 0 Å². The predicted octanol–water partition coefficient (Wildman–Crippen LogP) is 4.19. The van der Waals surface area contributed by atoms with Gasteiger partial charge < -0.3 is 10.2 Å². The van der Waals surface area contributed by atoms with Crippen LogP contribution in [0, 0.1) is 5.82 Å². The maximum Gasteiger partial charge on any atom is 0.148 e. The Balaban J connectivity index is 1.99. The molecule has 0 saturated carbocycles. The van der Waals surface area contributed by atoms with Crippen LogP contribution in [0.25, 0.3) is 0 Å². The minimum absolute atomic E-state index is 0.122. The summed E-state index contributed by atoms with van der Waals surface area (Å²) in [5.74, 6) is -0.122. The lowest BCUT2D eigenvalue weighted by Gasteiger charge is -2.20. The Morgan fingerprint density at radius 2 is 2.16 bits per heavy atom. The number of benzene rings is 1. The normalized spacial score (nSPS) is 16.4. The van der Waals surface area contributed by atoms with Gasteiger partial charge in [-0.3, -0.25) is 0 Å². The standard InChI is InChI=1S/C16H23FN2/c1-3-4-7-13(2)18-14-8-9-16(15(17)12-14)19-10-5-6-11-19/h3,8-9,12-13,18H,1,4-7,10-11H2,2H3. The predicted molar refractivity (Wildman–Crippen MR) is 80.4 cm³/mol. The highest BCUT2D eigenvalue weighted by Crippen LogP contribution is 2.26. The topological polar surface area (TPSA) is 15.3 Å². The van der Waals surface area contributed by atoms with Crippen LogP contribution in [0.4, 0.5) is 15.8 Å². The average molecular weight is 262 g/mol. The molecule has 1 unspecified atom stereocenters. The summed E-state index contributed by atoms with van der Waals surface area (Å²) < 4.78 is 14.1. The molecule has 3 heteroatoms. The lowest BCUT2D eigenvalue weighted by molar-refractivity contribution is 0.622. The molecule has 2 nitrogen and oxygen atoms in total. The number of allylic oxidation sites excluding steroid dienone is 1. The maximum absolute atomic E-state index is 14.1. The van der Waals surface area contributed by atoms with Crippen LogP contribution in [0.5, 0.6) is 0 Å². The molecule has 1 atom stereocenters. The largest absolute Gasteiger partial charge is 0.382 e. The van der Waals surface area contributed by atoms with E-state index in [9.17, 15) is 4.39 Å². The quantitative estimate of drug-likeness (QED) is 0.773. The van der Waals surface area contributed by atoms with Crippen molar-refractivity contribution in [3.05, 3.63) is 36.7 Å². The molecular formula is C16H23FN2. The van der Waals surface area contributed by atoms with Gasteiger partial charge in [-0.25, -0.2) is 4.39 Å². The highest BCUT2D eigenvalue weighted by atomic mass is 19.1. The van der Waals surface area contributed by atoms with Gasteiger partial charge in [0.15, 0.2) is 0 Å². The van der Waals surface area contributed by atoms with Gasteiger partial charge in [-0.15, -0.1) is 6.58 Å². The highest BCUT2D eigenvalue weighted by molar-refractivity contribution is 5.57. The fourth-order valence-electron chi connectivity index (χ4n) is 2.54. The Kier molecular flexibility index (Phi) is 4.83. The van der Waals surface area contributed by atoms with E-state index in [-0.39, 0.29) is 5.82 Å². The molecule has 0 radical (unpaired) electrons. The van der Waals surface area contributed by atoms with Gasteiger partial charge in [-0.2, -0.15) is 0 Å². The summed E-state index contributed by atoms with van der Waals surface area (Å²) in [4.78, 5) is 2.13. The summed E-state index contributed by atoms with van der Waals surface area (Å²) in [5, 5.41) is 3.33. The number of halogens is 1. The van der Waals surface area contributed by atoms with Crippen LogP contribution in [0.1, 0.15) is 32.6 Å². The van der Waals surface area contributed by atoms with Gasteiger partial charge in [0.2, 0.25) is 0 Å². The zero-order valence-electron chi connectivity index (χ0n) is 11.7. The van der Waals surface area contributed by atoms with Crippen molar-refractivity contribution in [2.24, 2.45) is 0 Å². The summed E-state index contributed by atoms with van der Waals surface area (Å²) in [6, 6.07) is 5.80. The van der Waals surface area contributed by atoms with Crippen molar-refractivity contribution in [2.45, 2.75) is 38.6 Å². The second-order valence-electron chi connectivity index (χ2n) is 5.27. The van der Waals surface area contributed by atoms with E-state index >= 15 is 0 Å². The first-order valence-corrected chi connectivity index (χ1v) is 7.12. The van der Waals surface area contributed by atoms with E-state index in [0.29, 0.717) is 6.04 Å². The Morgan fingerprint density at radius 1 is 1.42 bits per heavy atom. The van der Waals surface area contributed by atoms with Gasteiger partial charge in [0, 0.05) is 24.8 Å². The van der Waals surface area contributed by atoms with Crippen molar-refractivity contribution >= 4 is 11.4 Å². The summed E-state index contributed by atoms with van der Waals surface area (Å²) in [5.41, 5.74) is 1.60. The Morgan fingerprint density at radius 3 is 2.79 bits per heavy atom. The second kappa shape index (κ2) is 6.60. The van der Waals surface area contributed by atoms with Crippen molar-refractivity contribution in [2.75, 3.05) is 23.3 Å². The van der Waals surface area contributed by atoms with Crippen LogP contribution >= 0.6 is 0 Å². The number of nitrogens with one attached hydrogen (secondary N) is 1. The van der Waals surface area contributed by atoms with Crippen LogP contribution in [-0.2, 0) is 0 Å². The Labute approximate surface area is 115 Å². The Bertz CT molecular complexity index is 425. The van der Waals surface area contributed by atoms with E-state index < -0.39 is 0 Å². The maximum atomic E-state index is 14.1. The van der Waals surface area contributed by atoms with Crippen LogP contribution in [0.3, 0.4) is 0 Å². The van der Waals surface area contributed by atoms with Crippen molar-refractivity contribution < 1.29 is 4.39 Å². The van der Waals surface area contributed by atoms with Crippen molar-refractivity contribution in [1.82, 2.24) is 0 Å². The summed E-state index contributed by atoms with van der Waals surface area (Å²) in [6.45, 7) is 7.77. The number of hydrogen-bond donors (Lipinski definition) is 1. The molecule has 0 bridgehead atoms.